The number of fused-ring (bicyclic) bond motifs is 2. The lowest BCUT2D eigenvalue weighted by Gasteiger charge is -2.33. The molecule has 1 aliphatic rings. The molecule has 0 saturated heterocycles. The third kappa shape index (κ3) is 4.35. The van der Waals surface area contributed by atoms with Crippen LogP contribution in [0.4, 0.5) is 0 Å². The van der Waals surface area contributed by atoms with Gasteiger partial charge in [-0.2, -0.15) is 0 Å². The summed E-state index contributed by atoms with van der Waals surface area (Å²) in [6, 6.07) is 30.5. The van der Waals surface area contributed by atoms with Crippen LogP contribution in [-0.4, -0.2) is 23.7 Å². The second-order valence-corrected chi connectivity index (χ2v) is 8.69. The van der Waals surface area contributed by atoms with Gasteiger partial charge in [-0.3, -0.25) is 0 Å². The van der Waals surface area contributed by atoms with E-state index in [0.717, 1.165) is 29.8 Å². The SMILES string of the molecule is C[C@@H](NC[C@H]1C[C@@H](c2ccc(C(=O)O)cc2)c2ccccc2O1)c1cccc2ccccc12. The Balaban J connectivity index is 1.35. The summed E-state index contributed by atoms with van der Waals surface area (Å²) in [4.78, 5) is 11.3. The summed E-state index contributed by atoms with van der Waals surface area (Å²) in [5, 5.41) is 15.4. The molecule has 0 spiro atoms. The molecule has 5 rings (SSSR count). The van der Waals surface area contributed by atoms with Crippen molar-refractivity contribution in [3.8, 4) is 5.75 Å². The minimum atomic E-state index is -0.904. The minimum Gasteiger partial charge on any atom is -0.489 e. The molecule has 4 heteroatoms. The van der Waals surface area contributed by atoms with E-state index in [-0.39, 0.29) is 18.1 Å². The molecule has 1 heterocycles. The Labute approximate surface area is 193 Å². The van der Waals surface area contributed by atoms with E-state index in [4.69, 9.17) is 4.74 Å². The van der Waals surface area contributed by atoms with E-state index in [1.54, 1.807) is 12.1 Å². The lowest BCUT2D eigenvalue weighted by Crippen LogP contribution is -2.37. The highest BCUT2D eigenvalue weighted by Crippen LogP contribution is 2.40. The number of hydrogen-bond donors (Lipinski definition) is 2. The van der Waals surface area contributed by atoms with Crippen molar-refractivity contribution in [3.63, 3.8) is 0 Å². The van der Waals surface area contributed by atoms with Gasteiger partial charge in [0.05, 0.1) is 5.56 Å². The van der Waals surface area contributed by atoms with Crippen molar-refractivity contribution in [2.24, 2.45) is 0 Å². The van der Waals surface area contributed by atoms with E-state index in [1.165, 1.54) is 16.3 Å². The summed E-state index contributed by atoms with van der Waals surface area (Å²) < 4.78 is 6.36. The summed E-state index contributed by atoms with van der Waals surface area (Å²) in [5.41, 5.74) is 3.85. The van der Waals surface area contributed by atoms with Crippen molar-refractivity contribution >= 4 is 16.7 Å². The molecule has 0 saturated carbocycles. The summed E-state index contributed by atoms with van der Waals surface area (Å²) in [6.45, 7) is 2.92. The number of carboxylic acids is 1. The third-order valence-corrected chi connectivity index (χ3v) is 6.59. The van der Waals surface area contributed by atoms with Crippen LogP contribution < -0.4 is 10.1 Å². The molecule has 0 radical (unpaired) electrons. The summed E-state index contributed by atoms with van der Waals surface area (Å²) in [5.74, 6) is 0.163. The molecule has 4 aromatic rings. The average Bonchev–Trinajstić information content (AvgIpc) is 2.86. The normalized spacial score (nSPS) is 18.3. The fraction of sp³-hybridized carbons (Fsp3) is 0.207. The standard InChI is InChI=1S/C29H27NO3/c1-19(24-11-6-8-20-7-2-3-9-25(20)24)30-18-23-17-27(26-10-4-5-12-28(26)33-23)21-13-15-22(16-14-21)29(31)32/h2-16,19,23,27,30H,17-18H2,1H3,(H,31,32)/t19-,23-,27+/m1/s1. The van der Waals surface area contributed by atoms with Gasteiger partial charge in [0.1, 0.15) is 11.9 Å². The lowest BCUT2D eigenvalue weighted by atomic mass is 9.84. The average molecular weight is 438 g/mol. The van der Waals surface area contributed by atoms with E-state index in [0.29, 0.717) is 5.56 Å². The monoisotopic (exact) mass is 437 g/mol. The van der Waals surface area contributed by atoms with E-state index in [2.05, 4.69) is 60.8 Å². The molecular formula is C29H27NO3. The van der Waals surface area contributed by atoms with Crippen LogP contribution in [-0.2, 0) is 0 Å². The number of rotatable bonds is 6. The van der Waals surface area contributed by atoms with Crippen molar-refractivity contribution in [1.82, 2.24) is 5.32 Å². The first kappa shape index (κ1) is 21.2. The molecule has 0 aromatic heterocycles. The van der Waals surface area contributed by atoms with Gasteiger partial charge in [0.15, 0.2) is 0 Å². The molecule has 0 fully saturated rings. The Hall–Kier alpha value is -3.63. The predicted octanol–water partition coefficient (Wildman–Crippen LogP) is 6.17. The van der Waals surface area contributed by atoms with Gasteiger partial charge in [-0.05, 0) is 53.4 Å². The van der Waals surface area contributed by atoms with Gasteiger partial charge in [0.25, 0.3) is 0 Å². The second kappa shape index (κ2) is 9.08. The minimum absolute atomic E-state index is 0.0153. The van der Waals surface area contributed by atoms with Gasteiger partial charge >= 0.3 is 5.97 Å². The van der Waals surface area contributed by atoms with Crippen LogP contribution >= 0.6 is 0 Å². The van der Waals surface area contributed by atoms with Gasteiger partial charge in [0.2, 0.25) is 0 Å². The molecule has 3 atom stereocenters. The maximum Gasteiger partial charge on any atom is 0.335 e. The Kier molecular flexibility index (Phi) is 5.84. The largest absolute Gasteiger partial charge is 0.489 e. The summed E-state index contributed by atoms with van der Waals surface area (Å²) in [7, 11) is 0. The third-order valence-electron chi connectivity index (χ3n) is 6.59. The van der Waals surface area contributed by atoms with Gasteiger partial charge in [-0.1, -0.05) is 72.8 Å². The molecule has 0 aliphatic carbocycles. The number of nitrogens with one attached hydrogen (secondary N) is 1. The smallest absolute Gasteiger partial charge is 0.335 e. The van der Waals surface area contributed by atoms with Crippen molar-refractivity contribution in [1.29, 1.82) is 0 Å². The van der Waals surface area contributed by atoms with Crippen LogP contribution in [0.5, 0.6) is 5.75 Å². The number of benzene rings is 4. The molecule has 4 nitrogen and oxygen atoms in total. The van der Waals surface area contributed by atoms with Crippen LogP contribution in [0.25, 0.3) is 10.8 Å². The van der Waals surface area contributed by atoms with E-state index in [1.807, 2.05) is 30.3 Å². The summed E-state index contributed by atoms with van der Waals surface area (Å²) >= 11 is 0. The molecule has 2 N–H and O–H groups in total. The first-order valence-corrected chi connectivity index (χ1v) is 11.4. The molecule has 4 aromatic carbocycles. The number of carboxylic acid groups (broad SMARTS) is 1. The maximum absolute atomic E-state index is 11.3. The number of hydrogen-bond acceptors (Lipinski definition) is 3. The van der Waals surface area contributed by atoms with Gasteiger partial charge in [-0.25, -0.2) is 4.79 Å². The van der Waals surface area contributed by atoms with Gasteiger partial charge in [-0.15, -0.1) is 0 Å². The highest BCUT2D eigenvalue weighted by Gasteiger charge is 2.29. The van der Waals surface area contributed by atoms with Crippen LogP contribution in [0.15, 0.2) is 91.0 Å². The van der Waals surface area contributed by atoms with Crippen LogP contribution in [0.1, 0.15) is 52.4 Å². The topological polar surface area (TPSA) is 58.6 Å². The molecule has 0 amide bonds. The Morgan fingerprint density at radius 1 is 0.970 bits per heavy atom. The molecule has 33 heavy (non-hydrogen) atoms. The predicted molar refractivity (Wildman–Crippen MR) is 131 cm³/mol. The van der Waals surface area contributed by atoms with Crippen molar-refractivity contribution in [2.45, 2.75) is 31.4 Å². The van der Waals surface area contributed by atoms with Gasteiger partial charge < -0.3 is 15.2 Å². The maximum atomic E-state index is 11.3. The fourth-order valence-electron chi connectivity index (χ4n) is 4.84. The first-order chi connectivity index (χ1) is 16.1. The Morgan fingerprint density at radius 3 is 2.52 bits per heavy atom. The zero-order chi connectivity index (χ0) is 22.8. The zero-order valence-corrected chi connectivity index (χ0v) is 18.6. The highest BCUT2D eigenvalue weighted by molar-refractivity contribution is 5.87. The summed E-state index contributed by atoms with van der Waals surface area (Å²) in [6.07, 6.45) is 0.847. The van der Waals surface area contributed by atoms with Crippen molar-refractivity contribution in [2.75, 3.05) is 6.54 Å². The van der Waals surface area contributed by atoms with Crippen molar-refractivity contribution < 1.29 is 14.6 Å². The number of carbonyl (C=O) groups is 1. The first-order valence-electron chi connectivity index (χ1n) is 11.4. The molecule has 0 bridgehead atoms. The molecular weight excluding hydrogens is 410 g/mol. The number of aromatic carboxylic acids is 1. The Bertz CT molecular complexity index is 1280. The van der Waals surface area contributed by atoms with E-state index in [9.17, 15) is 9.90 Å². The second-order valence-electron chi connectivity index (χ2n) is 8.69. The zero-order valence-electron chi connectivity index (χ0n) is 18.6. The highest BCUT2D eigenvalue weighted by atomic mass is 16.5. The number of para-hydroxylation sites is 1. The van der Waals surface area contributed by atoms with Crippen LogP contribution in [0, 0.1) is 0 Å². The van der Waals surface area contributed by atoms with Crippen molar-refractivity contribution in [3.05, 3.63) is 113 Å². The van der Waals surface area contributed by atoms with Crippen LogP contribution in [0.3, 0.4) is 0 Å². The molecule has 0 unspecified atom stereocenters. The fourth-order valence-corrected chi connectivity index (χ4v) is 4.84. The van der Waals surface area contributed by atoms with Crippen LogP contribution in [0.2, 0.25) is 0 Å². The lowest BCUT2D eigenvalue weighted by molar-refractivity contribution is 0.0697. The quantitative estimate of drug-likeness (QED) is 0.379. The Morgan fingerprint density at radius 2 is 1.70 bits per heavy atom. The number of ether oxygens (including phenoxy) is 1. The van der Waals surface area contributed by atoms with E-state index < -0.39 is 5.97 Å². The van der Waals surface area contributed by atoms with Gasteiger partial charge in [0, 0.05) is 24.1 Å². The van der Waals surface area contributed by atoms with E-state index >= 15 is 0 Å². The molecule has 1 aliphatic heterocycles. The molecule has 166 valence electrons.